The van der Waals surface area contributed by atoms with E-state index >= 15 is 0 Å². The molecule has 39 heavy (non-hydrogen) atoms. The van der Waals surface area contributed by atoms with Crippen molar-refractivity contribution in [2.45, 2.75) is 58.3 Å². The van der Waals surface area contributed by atoms with E-state index in [0.717, 1.165) is 39.4 Å². The summed E-state index contributed by atoms with van der Waals surface area (Å²) >= 11 is 1.45. The number of ketones is 1. The van der Waals surface area contributed by atoms with Gasteiger partial charge in [0.05, 0.1) is 0 Å². The number of rotatable bonds is 16. The largest absolute Gasteiger partial charge is 0.508 e. The summed E-state index contributed by atoms with van der Waals surface area (Å²) in [7, 11) is 0. The van der Waals surface area contributed by atoms with E-state index in [1.165, 1.54) is 62.7 Å². The van der Waals surface area contributed by atoms with E-state index in [-0.39, 0.29) is 17.3 Å². The Morgan fingerprint density at radius 1 is 0.795 bits per heavy atom. The lowest BCUT2D eigenvalue weighted by atomic mass is 9.97. The fourth-order valence-electron chi connectivity index (χ4n) is 4.72. The van der Waals surface area contributed by atoms with Crippen LogP contribution in [0.3, 0.4) is 0 Å². The molecule has 5 nitrogen and oxygen atoms in total. The van der Waals surface area contributed by atoms with Crippen LogP contribution in [-0.2, 0) is 0 Å². The first-order valence-electron chi connectivity index (χ1n) is 14.1. The second-order valence-electron chi connectivity index (χ2n) is 9.96. The average molecular weight is 546 g/mol. The summed E-state index contributed by atoms with van der Waals surface area (Å²) in [6, 6.07) is 19.2. The van der Waals surface area contributed by atoms with Crippen LogP contribution in [0, 0.1) is 0 Å². The van der Waals surface area contributed by atoms with Crippen LogP contribution < -0.4 is 10.1 Å². The van der Waals surface area contributed by atoms with E-state index < -0.39 is 0 Å². The molecular weight excluding hydrogens is 506 g/mol. The SMILES string of the molecule is CCCCCCCCCCNCCOc1ccc(C(=O)c2c(-c3ccc(O)cc3)sc3cc(O)ccc23)cc1. The molecule has 4 aromatic rings. The maximum atomic E-state index is 13.7. The summed E-state index contributed by atoms with van der Waals surface area (Å²) in [6.45, 7) is 4.64. The smallest absolute Gasteiger partial charge is 0.195 e. The minimum absolute atomic E-state index is 0.0893. The normalized spacial score (nSPS) is 11.2. The predicted molar refractivity (Wildman–Crippen MR) is 161 cm³/mol. The topological polar surface area (TPSA) is 78.8 Å². The van der Waals surface area contributed by atoms with Gasteiger partial charge in [-0.15, -0.1) is 11.3 Å². The van der Waals surface area contributed by atoms with E-state index in [0.29, 0.717) is 17.7 Å². The second-order valence-corrected chi connectivity index (χ2v) is 11.0. The number of ether oxygens (including phenoxy) is 1. The Bertz CT molecular complexity index is 1330. The minimum atomic E-state index is -0.0893. The highest BCUT2D eigenvalue weighted by molar-refractivity contribution is 7.22. The van der Waals surface area contributed by atoms with Gasteiger partial charge in [0.1, 0.15) is 23.9 Å². The van der Waals surface area contributed by atoms with Gasteiger partial charge in [0.2, 0.25) is 0 Å². The number of thiophene rings is 1. The maximum Gasteiger partial charge on any atom is 0.195 e. The predicted octanol–water partition coefficient (Wildman–Crippen LogP) is 8.32. The molecule has 0 atom stereocenters. The third-order valence-electron chi connectivity index (χ3n) is 6.90. The highest BCUT2D eigenvalue weighted by atomic mass is 32.1. The number of carbonyl (C=O) groups excluding carboxylic acids is 1. The van der Waals surface area contributed by atoms with Crippen LogP contribution >= 0.6 is 11.3 Å². The zero-order valence-corrected chi connectivity index (χ0v) is 23.6. The van der Waals surface area contributed by atoms with Crippen molar-refractivity contribution in [1.82, 2.24) is 5.32 Å². The second kappa shape index (κ2) is 14.7. The van der Waals surface area contributed by atoms with E-state index in [1.54, 1.807) is 54.6 Å². The van der Waals surface area contributed by atoms with Crippen LogP contribution in [0.4, 0.5) is 0 Å². The lowest BCUT2D eigenvalue weighted by molar-refractivity contribution is 0.104. The van der Waals surface area contributed by atoms with Crippen LogP contribution in [0.1, 0.15) is 74.2 Å². The molecule has 3 aromatic carbocycles. The van der Waals surface area contributed by atoms with Gasteiger partial charge in [-0.25, -0.2) is 0 Å². The number of unbranched alkanes of at least 4 members (excludes halogenated alkanes) is 7. The van der Waals surface area contributed by atoms with Gasteiger partial charge in [-0.2, -0.15) is 0 Å². The van der Waals surface area contributed by atoms with E-state index in [9.17, 15) is 15.0 Å². The minimum Gasteiger partial charge on any atom is -0.508 e. The van der Waals surface area contributed by atoms with Crippen molar-refractivity contribution in [1.29, 1.82) is 0 Å². The number of fused-ring (bicyclic) bond motifs is 1. The molecule has 0 bridgehead atoms. The molecule has 1 heterocycles. The number of phenols is 2. The zero-order valence-electron chi connectivity index (χ0n) is 22.7. The average Bonchev–Trinajstić information content (AvgIpc) is 3.32. The first-order chi connectivity index (χ1) is 19.1. The molecule has 0 aliphatic heterocycles. The summed E-state index contributed by atoms with van der Waals surface area (Å²) in [5, 5.41) is 23.9. The summed E-state index contributed by atoms with van der Waals surface area (Å²) in [5.41, 5.74) is 2.01. The Morgan fingerprint density at radius 3 is 2.18 bits per heavy atom. The molecule has 0 unspecified atom stereocenters. The van der Waals surface area contributed by atoms with Crippen molar-refractivity contribution in [3.05, 3.63) is 77.9 Å². The number of hydrogen-bond donors (Lipinski definition) is 3. The van der Waals surface area contributed by atoms with E-state index in [1.807, 2.05) is 12.1 Å². The zero-order chi connectivity index (χ0) is 27.5. The van der Waals surface area contributed by atoms with Crippen LogP contribution in [0.25, 0.3) is 20.5 Å². The van der Waals surface area contributed by atoms with Gasteiger partial charge in [0, 0.05) is 32.6 Å². The molecule has 3 N–H and O–H groups in total. The standard InChI is InChI=1S/C33H39NO4S/c1-2-3-4-5-6-7-8-9-20-34-21-22-38-28-17-12-24(13-18-28)32(37)31-29-19-16-27(36)23-30(29)39-33(31)25-10-14-26(35)15-11-25/h10-19,23,34-36H,2-9,20-22H2,1H3. The molecule has 0 aliphatic rings. The van der Waals surface area contributed by atoms with Gasteiger partial charge in [-0.3, -0.25) is 4.79 Å². The Kier molecular flexibility index (Phi) is 10.8. The van der Waals surface area contributed by atoms with Gasteiger partial charge >= 0.3 is 0 Å². The molecular formula is C33H39NO4S. The number of aromatic hydroxyl groups is 2. The molecule has 0 spiro atoms. The Balaban J connectivity index is 1.31. The van der Waals surface area contributed by atoms with E-state index in [4.69, 9.17) is 4.74 Å². The summed E-state index contributed by atoms with van der Waals surface area (Å²) in [5.74, 6) is 0.978. The highest BCUT2D eigenvalue weighted by Gasteiger charge is 2.22. The number of hydrogen-bond acceptors (Lipinski definition) is 6. The lowest BCUT2D eigenvalue weighted by Crippen LogP contribution is -2.22. The Labute approximate surface area is 235 Å². The third-order valence-corrected chi connectivity index (χ3v) is 8.10. The van der Waals surface area contributed by atoms with Crippen LogP contribution in [0.2, 0.25) is 0 Å². The lowest BCUT2D eigenvalue weighted by Gasteiger charge is -2.09. The molecule has 1 aromatic heterocycles. The van der Waals surface area contributed by atoms with Crippen LogP contribution in [-0.4, -0.2) is 35.7 Å². The third kappa shape index (κ3) is 8.07. The first-order valence-corrected chi connectivity index (χ1v) is 14.9. The molecule has 0 saturated carbocycles. The van der Waals surface area contributed by atoms with Crippen molar-refractivity contribution >= 4 is 27.2 Å². The van der Waals surface area contributed by atoms with Crippen LogP contribution in [0.5, 0.6) is 17.2 Å². The van der Waals surface area contributed by atoms with E-state index in [2.05, 4.69) is 12.2 Å². The van der Waals surface area contributed by atoms with Gasteiger partial charge in [-0.1, -0.05) is 51.9 Å². The van der Waals surface area contributed by atoms with Crippen molar-refractivity contribution in [2.24, 2.45) is 0 Å². The number of nitrogens with one attached hydrogen (secondary N) is 1. The Hall–Kier alpha value is -3.35. The number of phenolic OH excluding ortho intramolecular Hbond substituents is 2. The fourth-order valence-corrected chi connectivity index (χ4v) is 5.96. The number of benzene rings is 3. The molecule has 0 saturated heterocycles. The summed E-state index contributed by atoms with van der Waals surface area (Å²) in [6.07, 6.45) is 10.6. The molecule has 0 amide bonds. The monoisotopic (exact) mass is 545 g/mol. The van der Waals surface area contributed by atoms with Crippen molar-refractivity contribution in [2.75, 3.05) is 19.7 Å². The van der Waals surface area contributed by atoms with Crippen LogP contribution in [0.15, 0.2) is 66.7 Å². The number of carbonyl (C=O) groups is 1. The molecule has 0 fully saturated rings. The fraction of sp³-hybridized carbons (Fsp3) is 0.364. The highest BCUT2D eigenvalue weighted by Crippen LogP contribution is 2.41. The Morgan fingerprint density at radius 2 is 1.46 bits per heavy atom. The first kappa shape index (κ1) is 28.7. The molecule has 4 rings (SSSR count). The van der Waals surface area contributed by atoms with Gasteiger partial charge < -0.3 is 20.3 Å². The van der Waals surface area contributed by atoms with Gasteiger partial charge in [0.15, 0.2) is 5.78 Å². The summed E-state index contributed by atoms with van der Waals surface area (Å²) in [4.78, 5) is 14.5. The van der Waals surface area contributed by atoms with Gasteiger partial charge in [-0.05, 0) is 85.3 Å². The molecule has 6 heteroatoms. The van der Waals surface area contributed by atoms with Crippen molar-refractivity contribution < 1.29 is 19.7 Å². The molecule has 0 aliphatic carbocycles. The van der Waals surface area contributed by atoms with Crippen molar-refractivity contribution in [3.63, 3.8) is 0 Å². The summed E-state index contributed by atoms with van der Waals surface area (Å²) < 4.78 is 6.71. The molecule has 0 radical (unpaired) electrons. The quantitative estimate of drug-likeness (QED) is 0.0974. The maximum absolute atomic E-state index is 13.7. The molecule has 206 valence electrons. The van der Waals surface area contributed by atoms with Crippen molar-refractivity contribution in [3.8, 4) is 27.7 Å². The van der Waals surface area contributed by atoms with Gasteiger partial charge in [0.25, 0.3) is 0 Å².